The molecule has 3 aromatic heterocycles. The average Bonchev–Trinajstić information content (AvgIpc) is 3.40. The van der Waals surface area contributed by atoms with E-state index in [2.05, 4.69) is 14.7 Å². The van der Waals surface area contributed by atoms with Crippen molar-refractivity contribution >= 4 is 21.4 Å². The van der Waals surface area contributed by atoms with Gasteiger partial charge in [0.05, 0.1) is 11.7 Å². The van der Waals surface area contributed by atoms with Crippen molar-refractivity contribution in [1.82, 2.24) is 14.7 Å². The topological polar surface area (TPSA) is 91.9 Å². The molecule has 6 nitrogen and oxygen atoms in total. The summed E-state index contributed by atoms with van der Waals surface area (Å²) in [6.45, 7) is 3.75. The summed E-state index contributed by atoms with van der Waals surface area (Å²) in [5, 5.41) is 0. The van der Waals surface area contributed by atoms with Gasteiger partial charge in [-0.25, -0.2) is 13.1 Å². The number of aromatic amines is 1. The third-order valence-electron chi connectivity index (χ3n) is 5.42. The molecule has 0 saturated heterocycles. The highest BCUT2D eigenvalue weighted by Crippen LogP contribution is 2.38. The van der Waals surface area contributed by atoms with Crippen molar-refractivity contribution in [3.05, 3.63) is 69.9 Å². The maximum absolute atomic E-state index is 13.1. The molecule has 1 aliphatic rings. The Bertz CT molecular complexity index is 1200. The molecular weight excluding hydrogens is 418 g/mol. The van der Waals surface area contributed by atoms with Crippen molar-refractivity contribution in [1.29, 1.82) is 0 Å². The van der Waals surface area contributed by atoms with Crippen molar-refractivity contribution < 1.29 is 8.42 Å². The Morgan fingerprint density at radius 3 is 2.73 bits per heavy atom. The summed E-state index contributed by atoms with van der Waals surface area (Å²) in [6.07, 6.45) is 5.34. The number of rotatable bonds is 8. The summed E-state index contributed by atoms with van der Waals surface area (Å²) in [6, 6.07) is 10.5. The van der Waals surface area contributed by atoms with Crippen molar-refractivity contribution in [3.63, 3.8) is 0 Å². The molecule has 1 saturated carbocycles. The van der Waals surface area contributed by atoms with Gasteiger partial charge in [0.15, 0.2) is 0 Å². The van der Waals surface area contributed by atoms with Crippen LogP contribution in [0.4, 0.5) is 0 Å². The van der Waals surface area contributed by atoms with Gasteiger partial charge in [-0.2, -0.15) is 0 Å². The van der Waals surface area contributed by atoms with E-state index in [0.717, 1.165) is 41.1 Å². The van der Waals surface area contributed by atoms with E-state index in [0.29, 0.717) is 17.9 Å². The molecule has 1 aliphatic carbocycles. The third-order valence-corrected chi connectivity index (χ3v) is 8.50. The largest absolute Gasteiger partial charge is 0.326 e. The van der Waals surface area contributed by atoms with Crippen LogP contribution in [0.25, 0.3) is 10.4 Å². The minimum atomic E-state index is -3.69. The minimum Gasteiger partial charge on any atom is -0.326 e. The maximum atomic E-state index is 13.1. The Hall–Kier alpha value is -2.29. The number of nitrogens with zero attached hydrogens (tertiary/aromatic N) is 1. The molecule has 0 radical (unpaired) electrons. The second-order valence-corrected chi connectivity index (χ2v) is 10.8. The van der Waals surface area contributed by atoms with Gasteiger partial charge in [-0.1, -0.05) is 25.8 Å². The molecule has 0 spiro atoms. The lowest BCUT2D eigenvalue weighted by atomic mass is 10.1. The molecule has 1 atom stereocenters. The Balaban J connectivity index is 1.62. The number of H-pyrrole nitrogens is 1. The van der Waals surface area contributed by atoms with Crippen molar-refractivity contribution in [2.24, 2.45) is 5.92 Å². The first-order valence-corrected chi connectivity index (χ1v) is 12.4. The molecule has 8 heteroatoms. The zero-order chi connectivity index (χ0) is 21.3. The van der Waals surface area contributed by atoms with Gasteiger partial charge < -0.3 is 4.98 Å². The lowest BCUT2D eigenvalue weighted by Gasteiger charge is -2.17. The molecule has 2 N–H and O–H groups in total. The zero-order valence-electron chi connectivity index (χ0n) is 17.0. The van der Waals surface area contributed by atoms with E-state index >= 15 is 0 Å². The van der Waals surface area contributed by atoms with Gasteiger partial charge in [0, 0.05) is 27.9 Å². The summed E-state index contributed by atoms with van der Waals surface area (Å²) < 4.78 is 29.4. The van der Waals surface area contributed by atoms with Crippen molar-refractivity contribution in [2.45, 2.75) is 49.8 Å². The van der Waals surface area contributed by atoms with Crippen LogP contribution in [-0.4, -0.2) is 18.4 Å². The molecule has 0 amide bonds. The van der Waals surface area contributed by atoms with Crippen LogP contribution in [0.15, 0.2) is 51.6 Å². The van der Waals surface area contributed by atoms with Crippen LogP contribution in [-0.2, 0) is 16.4 Å². The predicted molar refractivity (Wildman–Crippen MR) is 119 cm³/mol. The van der Waals surface area contributed by atoms with Gasteiger partial charge in [-0.3, -0.25) is 9.78 Å². The minimum absolute atomic E-state index is 0.0944. The highest BCUT2D eigenvalue weighted by Gasteiger charge is 2.30. The quantitative estimate of drug-likeness (QED) is 0.546. The van der Waals surface area contributed by atoms with Crippen LogP contribution in [0.5, 0.6) is 0 Å². The summed E-state index contributed by atoms with van der Waals surface area (Å²) in [7, 11) is -3.69. The van der Waals surface area contributed by atoms with Gasteiger partial charge in [-0.15, -0.1) is 11.3 Å². The fourth-order valence-electron chi connectivity index (χ4n) is 3.54. The van der Waals surface area contributed by atoms with E-state index in [-0.39, 0.29) is 15.8 Å². The number of thiophene rings is 1. The Morgan fingerprint density at radius 2 is 2.07 bits per heavy atom. The second kappa shape index (κ2) is 8.45. The average molecular weight is 444 g/mol. The van der Waals surface area contributed by atoms with E-state index in [4.69, 9.17) is 0 Å². The number of aryl methyl sites for hydroxylation is 2. The first-order valence-electron chi connectivity index (χ1n) is 10.1. The fourth-order valence-corrected chi connectivity index (χ4v) is 6.16. The molecule has 0 bridgehead atoms. The standard InChI is InChI=1S/C22H25N3O3S2/c1-3-16-13-17(14(2)24-22(16)26)20-9-10-21(29-20)30(27,28)25-19(12-15-7-8-15)18-6-4-5-11-23-18/h4-6,9-11,13,15,19,25H,3,7-8,12H2,1-2H3,(H,24,26). The highest BCUT2D eigenvalue weighted by atomic mass is 32.2. The van der Waals surface area contributed by atoms with Crippen LogP contribution in [0.2, 0.25) is 0 Å². The molecule has 4 rings (SSSR count). The van der Waals surface area contributed by atoms with E-state index in [1.165, 1.54) is 11.3 Å². The number of sulfonamides is 1. The number of nitrogens with one attached hydrogen (secondary N) is 2. The van der Waals surface area contributed by atoms with E-state index in [1.54, 1.807) is 18.3 Å². The Morgan fingerprint density at radius 1 is 1.27 bits per heavy atom. The summed E-state index contributed by atoms with van der Waals surface area (Å²) in [5.41, 5.74) is 2.93. The maximum Gasteiger partial charge on any atom is 0.251 e. The van der Waals surface area contributed by atoms with Crippen molar-refractivity contribution in [2.75, 3.05) is 0 Å². The second-order valence-electron chi connectivity index (χ2n) is 7.74. The van der Waals surface area contributed by atoms with Crippen LogP contribution in [0.1, 0.15) is 49.2 Å². The zero-order valence-corrected chi connectivity index (χ0v) is 18.6. The van der Waals surface area contributed by atoms with Crippen LogP contribution in [0, 0.1) is 12.8 Å². The smallest absolute Gasteiger partial charge is 0.251 e. The number of pyridine rings is 2. The molecule has 1 fully saturated rings. The fraction of sp³-hybridized carbons (Fsp3) is 0.364. The van der Waals surface area contributed by atoms with Crippen LogP contribution < -0.4 is 10.3 Å². The normalized spacial score (nSPS) is 15.3. The molecule has 30 heavy (non-hydrogen) atoms. The molecule has 3 aromatic rings. The number of aromatic nitrogens is 2. The number of hydrogen-bond acceptors (Lipinski definition) is 5. The molecule has 0 aromatic carbocycles. The SMILES string of the molecule is CCc1cc(-c2ccc(S(=O)(=O)NC(CC3CC3)c3ccccn3)s2)c(C)[nH]c1=O. The summed E-state index contributed by atoms with van der Waals surface area (Å²) >= 11 is 1.21. The molecule has 1 unspecified atom stereocenters. The van der Waals surface area contributed by atoms with E-state index in [1.807, 2.05) is 38.1 Å². The lowest BCUT2D eigenvalue weighted by molar-refractivity contribution is 0.513. The van der Waals surface area contributed by atoms with Crippen LogP contribution in [0.3, 0.4) is 0 Å². The molecule has 158 valence electrons. The van der Waals surface area contributed by atoms with Crippen LogP contribution >= 0.6 is 11.3 Å². The Labute approximate surface area is 180 Å². The number of hydrogen-bond donors (Lipinski definition) is 2. The predicted octanol–water partition coefficient (Wildman–Crippen LogP) is 4.19. The van der Waals surface area contributed by atoms with Gasteiger partial charge in [0.2, 0.25) is 0 Å². The highest BCUT2D eigenvalue weighted by molar-refractivity contribution is 7.91. The molecular formula is C22H25N3O3S2. The first-order chi connectivity index (χ1) is 14.4. The third kappa shape index (κ3) is 4.55. The van der Waals surface area contributed by atoms with Gasteiger partial charge in [-0.05, 0) is 56.0 Å². The van der Waals surface area contributed by atoms with Crippen molar-refractivity contribution in [3.8, 4) is 10.4 Å². The summed E-state index contributed by atoms with van der Waals surface area (Å²) in [5.74, 6) is 0.551. The van der Waals surface area contributed by atoms with E-state index in [9.17, 15) is 13.2 Å². The monoisotopic (exact) mass is 443 g/mol. The molecule has 3 heterocycles. The first kappa shape index (κ1) is 21.0. The van der Waals surface area contributed by atoms with Gasteiger partial charge >= 0.3 is 0 Å². The van der Waals surface area contributed by atoms with E-state index < -0.39 is 10.0 Å². The summed E-state index contributed by atoms with van der Waals surface area (Å²) in [4.78, 5) is 20.1. The van der Waals surface area contributed by atoms with Gasteiger partial charge in [0.25, 0.3) is 15.6 Å². The molecule has 0 aliphatic heterocycles. The van der Waals surface area contributed by atoms with Gasteiger partial charge in [0.1, 0.15) is 4.21 Å². The Kier molecular flexibility index (Phi) is 5.90. The lowest BCUT2D eigenvalue weighted by Crippen LogP contribution is -2.29.